The summed E-state index contributed by atoms with van der Waals surface area (Å²) in [6.07, 6.45) is -1.24. The molecule has 0 aromatic heterocycles. The average molecular weight is 281 g/mol. The fourth-order valence-electron chi connectivity index (χ4n) is 0.549. The monoisotopic (exact) mass is 281 g/mol. The van der Waals surface area contributed by atoms with Gasteiger partial charge in [-0.1, -0.05) is 0 Å². The number of rotatable bonds is 7. The first-order chi connectivity index (χ1) is 7.01. The van der Waals surface area contributed by atoms with E-state index in [4.69, 9.17) is 25.3 Å². The van der Waals surface area contributed by atoms with Crippen molar-refractivity contribution < 1.29 is 42.8 Å². The second kappa shape index (κ2) is 6.18. The highest BCUT2D eigenvalue weighted by Crippen LogP contribution is 2.38. The molecule has 98 valence electrons. The normalized spacial score (nSPS) is 17.1. The molecule has 2 atom stereocenters. The number of hydrogen-bond donors (Lipinski definition) is 5. The van der Waals surface area contributed by atoms with E-state index in [1.807, 2.05) is 0 Å². The van der Waals surface area contributed by atoms with Crippen molar-refractivity contribution in [3.8, 4) is 0 Å². The predicted octanol–water partition coefficient (Wildman–Crippen LogP) is -1.15. The Morgan fingerprint density at radius 3 is 2.00 bits per heavy atom. The first-order valence-corrected chi connectivity index (χ1v) is 6.93. The van der Waals surface area contributed by atoms with Crippen molar-refractivity contribution in [2.24, 2.45) is 5.73 Å². The molecule has 16 heavy (non-hydrogen) atoms. The Morgan fingerprint density at radius 1 is 1.19 bits per heavy atom. The molecule has 0 saturated heterocycles. The lowest BCUT2D eigenvalue weighted by Gasteiger charge is -2.19. The number of phosphoric ester groups is 1. The number of phosphoric acid groups is 2. The Kier molecular flexibility index (Phi) is 6.23. The van der Waals surface area contributed by atoms with Crippen LogP contribution in [-0.4, -0.2) is 38.3 Å². The standard InChI is InChI=1S/C4H13NO9P2/c1-3(5)4(2-12-15(6,7)8)13-14-16(9,10)11/h3-4H,2,5H2,1H3,(H2,6,7,8)(H2,9,10,11). The highest BCUT2D eigenvalue weighted by Gasteiger charge is 2.26. The lowest BCUT2D eigenvalue weighted by Crippen LogP contribution is -2.37. The van der Waals surface area contributed by atoms with Gasteiger partial charge in [0.25, 0.3) is 0 Å². The summed E-state index contributed by atoms with van der Waals surface area (Å²) in [5, 5.41) is 0. The van der Waals surface area contributed by atoms with Crippen LogP contribution >= 0.6 is 15.6 Å². The quantitative estimate of drug-likeness (QED) is 0.218. The van der Waals surface area contributed by atoms with Crippen molar-refractivity contribution in [1.82, 2.24) is 0 Å². The minimum atomic E-state index is -4.85. The van der Waals surface area contributed by atoms with Crippen molar-refractivity contribution in [2.45, 2.75) is 19.1 Å². The minimum Gasteiger partial charge on any atom is -0.326 e. The maximum absolute atomic E-state index is 10.3. The van der Waals surface area contributed by atoms with E-state index in [0.717, 1.165) is 0 Å². The molecule has 0 rings (SSSR count). The van der Waals surface area contributed by atoms with Gasteiger partial charge in [-0.2, -0.15) is 0 Å². The lowest BCUT2D eigenvalue weighted by atomic mass is 10.2. The maximum atomic E-state index is 10.3. The van der Waals surface area contributed by atoms with Crippen LogP contribution < -0.4 is 5.73 Å². The lowest BCUT2D eigenvalue weighted by molar-refractivity contribution is -0.267. The summed E-state index contributed by atoms with van der Waals surface area (Å²) in [7, 11) is -9.56. The van der Waals surface area contributed by atoms with Gasteiger partial charge < -0.3 is 25.3 Å². The van der Waals surface area contributed by atoms with Crippen LogP contribution in [0.5, 0.6) is 0 Å². The van der Waals surface area contributed by atoms with E-state index in [2.05, 4.69) is 14.1 Å². The van der Waals surface area contributed by atoms with E-state index in [9.17, 15) is 9.13 Å². The van der Waals surface area contributed by atoms with Gasteiger partial charge in [-0.3, -0.25) is 4.52 Å². The maximum Gasteiger partial charge on any atom is 0.496 e. The van der Waals surface area contributed by atoms with Gasteiger partial charge >= 0.3 is 15.6 Å². The molecule has 0 radical (unpaired) electrons. The number of nitrogens with two attached hydrogens (primary N) is 1. The minimum absolute atomic E-state index is 0.679. The first kappa shape index (κ1) is 16.1. The molecule has 0 amide bonds. The van der Waals surface area contributed by atoms with Gasteiger partial charge in [0.15, 0.2) is 0 Å². The zero-order valence-corrected chi connectivity index (χ0v) is 9.95. The van der Waals surface area contributed by atoms with Crippen LogP contribution in [0.1, 0.15) is 6.92 Å². The molecule has 2 unspecified atom stereocenters. The predicted molar refractivity (Wildman–Crippen MR) is 49.6 cm³/mol. The third kappa shape index (κ3) is 9.37. The van der Waals surface area contributed by atoms with E-state index in [1.165, 1.54) is 6.92 Å². The molecule has 0 bridgehead atoms. The van der Waals surface area contributed by atoms with Gasteiger partial charge in [0, 0.05) is 6.04 Å². The molecule has 0 aromatic carbocycles. The largest absolute Gasteiger partial charge is 0.496 e. The molecule has 0 aliphatic rings. The molecule has 10 nitrogen and oxygen atoms in total. The molecule has 6 N–H and O–H groups in total. The van der Waals surface area contributed by atoms with Crippen LogP contribution in [0.15, 0.2) is 0 Å². The Balaban J connectivity index is 4.19. The fraction of sp³-hybridized carbons (Fsp3) is 1.00. The first-order valence-electron chi connectivity index (χ1n) is 3.87. The second-order valence-corrected chi connectivity index (χ2v) is 5.21. The molecule has 0 aromatic rings. The molecule has 12 heteroatoms. The summed E-state index contributed by atoms with van der Waals surface area (Å²) in [6, 6.07) is -0.821. The van der Waals surface area contributed by atoms with Crippen LogP contribution in [0.25, 0.3) is 0 Å². The summed E-state index contributed by atoms with van der Waals surface area (Å²) >= 11 is 0. The van der Waals surface area contributed by atoms with Crippen LogP contribution in [0.3, 0.4) is 0 Å². The van der Waals surface area contributed by atoms with Gasteiger partial charge in [0.05, 0.1) is 6.61 Å². The van der Waals surface area contributed by atoms with Crippen molar-refractivity contribution in [3.63, 3.8) is 0 Å². The zero-order chi connectivity index (χ0) is 13.0. The van der Waals surface area contributed by atoms with E-state index in [1.54, 1.807) is 0 Å². The van der Waals surface area contributed by atoms with Crippen molar-refractivity contribution in [3.05, 3.63) is 0 Å². The van der Waals surface area contributed by atoms with Gasteiger partial charge in [-0.05, 0) is 6.92 Å². The van der Waals surface area contributed by atoms with Crippen LogP contribution in [-0.2, 0) is 23.2 Å². The fourth-order valence-corrected chi connectivity index (χ4v) is 1.11. The summed E-state index contributed by atoms with van der Waals surface area (Å²) in [5.41, 5.74) is 5.30. The molecule has 0 fully saturated rings. The van der Waals surface area contributed by atoms with Crippen LogP contribution in [0.4, 0.5) is 0 Å². The van der Waals surface area contributed by atoms with E-state index in [-0.39, 0.29) is 0 Å². The van der Waals surface area contributed by atoms with Gasteiger partial charge in [0.1, 0.15) is 6.10 Å². The molecular weight excluding hydrogens is 268 g/mol. The molecular formula is C4H13NO9P2. The molecule has 0 aliphatic heterocycles. The molecule has 0 heterocycles. The van der Waals surface area contributed by atoms with E-state index < -0.39 is 34.4 Å². The van der Waals surface area contributed by atoms with Gasteiger partial charge in [0.2, 0.25) is 0 Å². The Hall–Kier alpha value is 0.140. The van der Waals surface area contributed by atoms with Crippen molar-refractivity contribution in [2.75, 3.05) is 6.61 Å². The Bertz CT molecular complexity index is 268. The third-order valence-corrected chi connectivity index (χ3v) is 2.02. The Morgan fingerprint density at radius 2 is 1.69 bits per heavy atom. The highest BCUT2D eigenvalue weighted by atomic mass is 31.2. The summed E-state index contributed by atoms with van der Waals surface area (Å²) in [6.45, 7) is 0.693. The topological polar surface area (TPSA) is 169 Å². The summed E-state index contributed by atoms with van der Waals surface area (Å²) in [5.74, 6) is 0. The Labute approximate surface area is 90.7 Å². The van der Waals surface area contributed by atoms with Crippen LogP contribution in [0.2, 0.25) is 0 Å². The van der Waals surface area contributed by atoms with E-state index >= 15 is 0 Å². The molecule has 0 spiro atoms. The van der Waals surface area contributed by atoms with Gasteiger partial charge in [-0.15, -0.1) is 4.67 Å². The smallest absolute Gasteiger partial charge is 0.326 e. The van der Waals surface area contributed by atoms with E-state index in [0.29, 0.717) is 0 Å². The molecule has 0 saturated carbocycles. The van der Waals surface area contributed by atoms with Crippen molar-refractivity contribution >= 4 is 15.6 Å². The van der Waals surface area contributed by atoms with Gasteiger partial charge in [-0.25, -0.2) is 14.0 Å². The SMILES string of the molecule is CC(N)C(COP(=O)(O)O)OOP(=O)(O)O. The van der Waals surface area contributed by atoms with Crippen molar-refractivity contribution in [1.29, 1.82) is 0 Å². The van der Waals surface area contributed by atoms with Crippen LogP contribution in [0, 0.1) is 0 Å². The number of hydrogen-bond acceptors (Lipinski definition) is 6. The second-order valence-electron chi connectivity index (χ2n) is 2.85. The zero-order valence-electron chi connectivity index (χ0n) is 8.16. The average Bonchev–Trinajstić information content (AvgIpc) is 1.98. The molecule has 0 aliphatic carbocycles. The highest BCUT2D eigenvalue weighted by molar-refractivity contribution is 7.46. The summed E-state index contributed by atoms with van der Waals surface area (Å²) in [4.78, 5) is 37.6. The summed E-state index contributed by atoms with van der Waals surface area (Å²) < 4.78 is 28.3. The third-order valence-electron chi connectivity index (χ3n) is 1.26.